The molecule has 304 valence electrons. The first kappa shape index (κ1) is 44.7. The van der Waals surface area contributed by atoms with Gasteiger partial charge in [-0.25, -0.2) is 0 Å². The first-order valence-electron chi connectivity index (χ1n) is 21.9. The topological polar surface area (TPSA) is 17.1 Å². The minimum Gasteiger partial charge on any atom is -0.293 e. The Labute approximate surface area is 374 Å². The monoisotopic (exact) mass is 972 g/mol. The molecule has 0 fully saturated rings. The highest BCUT2D eigenvalue weighted by molar-refractivity contribution is 9.11. The van der Waals surface area contributed by atoms with Crippen LogP contribution in [0.4, 0.5) is 0 Å². The highest BCUT2D eigenvalue weighted by atomic mass is 79.9. The van der Waals surface area contributed by atoms with E-state index in [1.807, 2.05) is 45.3 Å². The Morgan fingerprint density at radius 1 is 0.446 bits per heavy atom. The molecule has 0 aliphatic carbocycles. The number of unbranched alkanes of at least 4 members (excludes halogenated alkanes) is 18. The molecule has 0 spiro atoms. The Kier molecular flexibility index (Phi) is 18.5. The van der Waals surface area contributed by atoms with Crippen LogP contribution in [0.5, 0.6) is 0 Å². The Morgan fingerprint density at radius 3 is 1.36 bits per heavy atom. The number of benzene rings is 1. The van der Waals surface area contributed by atoms with Gasteiger partial charge in [-0.1, -0.05) is 136 Å². The molecule has 5 heterocycles. The lowest BCUT2D eigenvalue weighted by molar-refractivity contribution is 0.0983. The van der Waals surface area contributed by atoms with E-state index in [0.29, 0.717) is 12.2 Å². The maximum absolute atomic E-state index is 13.8. The van der Waals surface area contributed by atoms with E-state index < -0.39 is 0 Å². The van der Waals surface area contributed by atoms with Crippen molar-refractivity contribution in [2.45, 2.75) is 175 Å². The molecular formula is C48H62Br2OS5. The average Bonchev–Trinajstić information content (AvgIpc) is 4.03. The summed E-state index contributed by atoms with van der Waals surface area (Å²) in [7, 11) is 0. The SMILES string of the molecule is CCCCCCCCCCCCCCCC(=O)c1cc2c3cc(-c4sc(Br)cc4CCCCCC)sc3c3sc(-c4sc(Br)cc4CCCCCC)cc3c2s1. The molecule has 0 aliphatic rings. The fourth-order valence-electron chi connectivity index (χ4n) is 8.13. The summed E-state index contributed by atoms with van der Waals surface area (Å²) < 4.78 is 6.50. The lowest BCUT2D eigenvalue weighted by Crippen LogP contribution is -1.95. The smallest absolute Gasteiger partial charge is 0.172 e. The number of rotatable bonds is 27. The summed E-state index contributed by atoms with van der Waals surface area (Å²) in [5.41, 5.74) is 2.94. The number of halogens is 2. The third kappa shape index (κ3) is 11.9. The van der Waals surface area contributed by atoms with Crippen molar-refractivity contribution in [1.29, 1.82) is 0 Å². The zero-order valence-electron chi connectivity index (χ0n) is 34.1. The molecule has 0 amide bonds. The first-order chi connectivity index (χ1) is 27.4. The van der Waals surface area contributed by atoms with Crippen molar-refractivity contribution in [3.8, 4) is 19.5 Å². The van der Waals surface area contributed by atoms with Gasteiger partial charge in [0.15, 0.2) is 5.78 Å². The molecule has 0 radical (unpaired) electrons. The van der Waals surface area contributed by atoms with E-state index in [2.05, 4.69) is 83.0 Å². The molecule has 6 rings (SSSR count). The number of Topliss-reactive ketones (excluding diaryl/α,β-unsaturated/α-hetero) is 1. The van der Waals surface area contributed by atoms with Crippen LogP contribution in [0.3, 0.4) is 0 Å². The molecule has 1 aromatic carbocycles. The lowest BCUT2D eigenvalue weighted by atomic mass is 10.0. The normalized spacial score (nSPS) is 12.0. The Hall–Kier alpha value is -0.870. The minimum absolute atomic E-state index is 0.328. The highest BCUT2D eigenvalue weighted by Crippen LogP contribution is 2.52. The van der Waals surface area contributed by atoms with Crippen molar-refractivity contribution in [3.63, 3.8) is 0 Å². The van der Waals surface area contributed by atoms with Gasteiger partial charge in [0, 0.05) is 46.8 Å². The van der Waals surface area contributed by atoms with Gasteiger partial charge in [-0.3, -0.25) is 4.79 Å². The first-order valence-corrected chi connectivity index (χ1v) is 27.6. The number of aryl methyl sites for hydroxylation is 2. The van der Waals surface area contributed by atoms with Gasteiger partial charge >= 0.3 is 0 Å². The van der Waals surface area contributed by atoms with Crippen LogP contribution in [0, 0.1) is 0 Å². The van der Waals surface area contributed by atoms with E-state index in [4.69, 9.17) is 0 Å². The molecule has 0 unspecified atom stereocenters. The third-order valence-corrected chi connectivity index (χ3v) is 18.7. The number of thiophene rings is 5. The number of hydrogen-bond acceptors (Lipinski definition) is 6. The molecule has 5 aromatic heterocycles. The second-order valence-electron chi connectivity index (χ2n) is 15.9. The summed E-state index contributed by atoms with van der Waals surface area (Å²) in [5.74, 6) is 0.328. The minimum atomic E-state index is 0.328. The standard InChI is InChI=1S/C48H62Br2OS5/c1-4-7-10-13-14-15-16-17-18-19-20-21-24-27-38(51)39-30-35-36-31-40(44-33(28-42(49)55-44)25-22-11-8-5-2)53-47(36)48-37(46(35)52-39)32-41(54-48)45-34(29-43(50)56-45)26-23-12-9-6-3/h28-32H,4-27H2,1-3H3. The van der Waals surface area contributed by atoms with Crippen molar-refractivity contribution in [2.24, 2.45) is 0 Å². The van der Waals surface area contributed by atoms with E-state index in [9.17, 15) is 4.79 Å². The zero-order chi connectivity index (χ0) is 39.3. The van der Waals surface area contributed by atoms with Crippen LogP contribution in [0.2, 0.25) is 0 Å². The lowest BCUT2D eigenvalue weighted by Gasteiger charge is -2.03. The summed E-state index contributed by atoms with van der Waals surface area (Å²) >= 11 is 17.2. The zero-order valence-corrected chi connectivity index (χ0v) is 41.3. The van der Waals surface area contributed by atoms with Crippen LogP contribution in [0.15, 0.2) is 37.9 Å². The van der Waals surface area contributed by atoms with Crippen LogP contribution in [-0.2, 0) is 12.8 Å². The second-order valence-corrected chi connectivity index (χ2v) is 23.9. The van der Waals surface area contributed by atoms with Gasteiger partial charge in [-0.15, -0.1) is 56.7 Å². The molecular weight excluding hydrogens is 913 g/mol. The number of carbonyl (C=O) groups excluding carboxylic acids is 1. The Bertz CT molecular complexity index is 2000. The Balaban J connectivity index is 1.23. The predicted octanol–water partition coefficient (Wildman–Crippen LogP) is 20.2. The molecule has 0 N–H and O–H groups in total. The quantitative estimate of drug-likeness (QED) is 0.0371. The number of carbonyl (C=O) groups is 1. The summed E-state index contributed by atoms with van der Waals surface area (Å²) in [6.45, 7) is 6.87. The van der Waals surface area contributed by atoms with Crippen LogP contribution in [-0.4, -0.2) is 5.78 Å². The van der Waals surface area contributed by atoms with Gasteiger partial charge in [0.25, 0.3) is 0 Å². The van der Waals surface area contributed by atoms with E-state index in [-0.39, 0.29) is 0 Å². The molecule has 0 aliphatic heterocycles. The molecule has 0 bridgehead atoms. The van der Waals surface area contributed by atoms with Gasteiger partial charge in [-0.05, 0) is 105 Å². The van der Waals surface area contributed by atoms with Gasteiger partial charge < -0.3 is 0 Å². The maximum atomic E-state index is 13.8. The van der Waals surface area contributed by atoms with Crippen LogP contribution in [0.25, 0.3) is 49.8 Å². The molecule has 0 saturated carbocycles. The van der Waals surface area contributed by atoms with Gasteiger partial charge in [-0.2, -0.15) is 0 Å². The largest absolute Gasteiger partial charge is 0.293 e. The van der Waals surface area contributed by atoms with E-state index in [1.54, 1.807) is 11.3 Å². The number of hydrogen-bond donors (Lipinski definition) is 0. The fraction of sp³-hybridized carbons (Fsp3) is 0.562. The van der Waals surface area contributed by atoms with Crippen molar-refractivity contribution < 1.29 is 4.79 Å². The maximum Gasteiger partial charge on any atom is 0.172 e. The molecule has 1 nitrogen and oxygen atoms in total. The summed E-state index contributed by atoms with van der Waals surface area (Å²) in [6, 6.07) is 11.9. The average molecular weight is 975 g/mol. The van der Waals surface area contributed by atoms with E-state index >= 15 is 0 Å². The predicted molar refractivity (Wildman–Crippen MR) is 265 cm³/mol. The molecule has 6 aromatic rings. The van der Waals surface area contributed by atoms with Gasteiger partial charge in [0.05, 0.1) is 21.8 Å². The van der Waals surface area contributed by atoms with E-state index in [0.717, 1.165) is 30.6 Å². The van der Waals surface area contributed by atoms with Crippen molar-refractivity contribution in [1.82, 2.24) is 0 Å². The number of ketones is 1. The molecule has 8 heteroatoms. The third-order valence-electron chi connectivity index (χ3n) is 11.3. The molecule has 56 heavy (non-hydrogen) atoms. The van der Waals surface area contributed by atoms with Crippen molar-refractivity contribution in [2.75, 3.05) is 0 Å². The Morgan fingerprint density at radius 2 is 0.857 bits per heavy atom. The van der Waals surface area contributed by atoms with Gasteiger partial charge in [0.1, 0.15) is 0 Å². The summed E-state index contributed by atoms with van der Waals surface area (Å²) in [5, 5.41) is 3.93. The van der Waals surface area contributed by atoms with Crippen LogP contribution >= 0.6 is 88.5 Å². The van der Waals surface area contributed by atoms with Crippen LogP contribution < -0.4 is 0 Å². The van der Waals surface area contributed by atoms with Crippen molar-refractivity contribution >= 4 is 125 Å². The summed E-state index contributed by atoms with van der Waals surface area (Å²) in [4.78, 5) is 20.3. The molecule has 0 atom stereocenters. The molecule has 0 saturated heterocycles. The van der Waals surface area contributed by atoms with E-state index in [1.165, 1.54) is 190 Å². The van der Waals surface area contributed by atoms with Crippen molar-refractivity contribution in [3.05, 3.63) is 53.9 Å². The number of fused-ring (bicyclic) bond motifs is 6. The van der Waals surface area contributed by atoms with Crippen LogP contribution in [0.1, 0.15) is 183 Å². The highest BCUT2D eigenvalue weighted by Gasteiger charge is 2.23. The fourth-order valence-corrected chi connectivity index (χ4v) is 15.5. The van der Waals surface area contributed by atoms with Gasteiger partial charge in [0.2, 0.25) is 0 Å². The summed E-state index contributed by atoms with van der Waals surface area (Å²) in [6.07, 6.45) is 30.4. The second kappa shape index (κ2) is 23.2.